The average molecular weight is 1050 g/mol. The number of rotatable bonds is 14. The van der Waals surface area contributed by atoms with Crippen LogP contribution in [0.1, 0.15) is 81.6 Å². The quantitative estimate of drug-likeness (QED) is 0.0259. The Balaban J connectivity index is 1.29. The molecule has 0 radical (unpaired) electrons. The molecule has 4 aromatic carbocycles. The van der Waals surface area contributed by atoms with E-state index in [0.717, 1.165) is 12.1 Å². The van der Waals surface area contributed by atoms with Gasteiger partial charge in [0, 0.05) is 70.6 Å². The molecule has 8 rings (SSSR count). The number of allylic oxidation sites excluding steroid dienone is 6. The molecule has 3 aliphatic heterocycles. The number of amides is 2. The highest BCUT2D eigenvalue weighted by Gasteiger charge is 2.46. The lowest BCUT2D eigenvalue weighted by Crippen LogP contribution is -2.32. The Labute approximate surface area is 411 Å². The molecule has 20 nitrogen and oxygen atoms in total. The number of carbonyl (C=O) groups excluding carboxylic acids is 3. The Kier molecular flexibility index (Phi) is 13.3. The van der Waals surface area contributed by atoms with Gasteiger partial charge >= 0.3 is 5.97 Å². The summed E-state index contributed by atoms with van der Waals surface area (Å²) in [6, 6.07) is 13.4. The molecule has 0 aliphatic carbocycles. The minimum Gasteiger partial charge on any atom is -0.744 e. The predicted molar refractivity (Wildman–Crippen MR) is 250 cm³/mol. The highest BCUT2D eigenvalue weighted by molar-refractivity contribution is 7.94. The van der Waals surface area contributed by atoms with E-state index in [9.17, 15) is 58.6 Å². The number of hydrogen-bond donors (Lipinski definition) is 0. The van der Waals surface area contributed by atoms with E-state index in [1.807, 2.05) is 49.3 Å². The molecule has 0 saturated carbocycles. The molecule has 3 aliphatic rings. The van der Waals surface area contributed by atoms with Crippen LogP contribution in [-0.2, 0) is 65.0 Å². The zero-order chi connectivity index (χ0) is 51.7. The monoisotopic (exact) mass is 1050 g/mol. The maximum Gasteiger partial charge on any atom is 0.365 e. The molecule has 372 valence electrons. The number of imide groups is 1. The van der Waals surface area contributed by atoms with E-state index in [4.69, 9.17) is 4.84 Å². The number of anilines is 1. The Morgan fingerprint density at radius 2 is 1.44 bits per heavy atom. The maximum atomic E-state index is 13.1. The minimum atomic E-state index is -5.27. The molecule has 1 aromatic heterocycles. The van der Waals surface area contributed by atoms with E-state index in [2.05, 4.69) is 14.4 Å². The number of nitrogens with zero attached hydrogens (tertiary/aromatic N) is 4. The molecule has 1 fully saturated rings. The van der Waals surface area contributed by atoms with Gasteiger partial charge in [-0.05, 0) is 115 Å². The lowest BCUT2D eigenvalue weighted by atomic mass is 9.79. The summed E-state index contributed by atoms with van der Waals surface area (Å²) in [4.78, 5) is 46.8. The zero-order valence-corrected chi connectivity index (χ0v) is 41.7. The number of carbonyl (C=O) groups is 3. The summed E-state index contributed by atoms with van der Waals surface area (Å²) < 4.78 is 118. The van der Waals surface area contributed by atoms with Gasteiger partial charge in [-0.25, -0.2) is 30.0 Å². The van der Waals surface area contributed by atoms with Crippen molar-refractivity contribution in [3.05, 3.63) is 119 Å². The standard InChI is InChI=1S/C47H44N4O16S4/c1-7-49-35-15-12-30-32(21-28(69(56,57)58)23-37(30)68-67-66-55)43(35)46(3,4)39(49)17-10-26(34-14-9-27(25-48-34)45(54)65-51-41(52)19-20-42(51)53)11-18-40-47(5,6)44-33-22-29(70(59,60)61)24-38(71(62,63)64)31(33)13-16-36(44)50(40)8-2/h9-18,21-25H,7-8,19-20H2,1-6H3,(H3-,55,56,57,58,59,60,61,62,63,64)/p-3. The Hall–Kier alpha value is -6.19. The van der Waals surface area contributed by atoms with Crippen molar-refractivity contribution in [1.82, 2.24) is 10.0 Å². The fraction of sp³-hybridized carbons (Fsp3) is 0.255. The molecule has 4 heterocycles. The average Bonchev–Trinajstić information content (AvgIpc) is 3.83. The number of likely N-dealkylation sites (N-methyl/N-ethyl adjacent to an activating group) is 1. The molecule has 24 heteroatoms. The summed E-state index contributed by atoms with van der Waals surface area (Å²) in [5.74, 6) is -2.35. The first-order chi connectivity index (χ1) is 33.2. The van der Waals surface area contributed by atoms with Gasteiger partial charge in [0.25, 0.3) is 11.8 Å². The minimum absolute atomic E-state index is 0.0647. The number of hydrogen-bond acceptors (Lipinski definition) is 19. The smallest absolute Gasteiger partial charge is 0.365 e. The second-order valence-corrected chi connectivity index (χ2v) is 22.4. The number of fused-ring (bicyclic) bond motifs is 6. The van der Waals surface area contributed by atoms with Gasteiger partial charge in [0.05, 0.1) is 43.4 Å². The van der Waals surface area contributed by atoms with Crippen LogP contribution in [0.25, 0.3) is 27.1 Å². The van der Waals surface area contributed by atoms with E-state index in [-0.39, 0.29) is 34.1 Å². The fourth-order valence-electron chi connectivity index (χ4n) is 9.62. The summed E-state index contributed by atoms with van der Waals surface area (Å²) in [6.07, 6.45) is 8.04. The normalized spacial score (nSPS) is 17.7. The van der Waals surface area contributed by atoms with Crippen LogP contribution in [0.15, 0.2) is 116 Å². The molecule has 71 heavy (non-hydrogen) atoms. The van der Waals surface area contributed by atoms with Gasteiger partial charge in [-0.3, -0.25) is 19.6 Å². The SMILES string of the molecule is CCN1/C(=C/C=C(/C=C/C2=[N+](CC)c3ccc4c(SOO[O-])cc(S(=O)(=O)[O-])cc4c3C2(C)C)c2ccc(C(=O)ON3C(=O)CCC3=O)cn2)C(C)(C)c2c1ccc1c(S(=O)(=O)[O-])cc(S(=O)(=O)[O-])cc21. The van der Waals surface area contributed by atoms with Crippen molar-refractivity contribution in [3.63, 3.8) is 0 Å². The largest absolute Gasteiger partial charge is 0.744 e. The second-order valence-electron chi connectivity index (χ2n) is 17.6. The van der Waals surface area contributed by atoms with Crippen LogP contribution in [0.4, 0.5) is 11.4 Å². The van der Waals surface area contributed by atoms with Gasteiger partial charge in [0.1, 0.15) is 36.9 Å². The van der Waals surface area contributed by atoms with Crippen LogP contribution in [0.2, 0.25) is 0 Å². The third-order valence-corrected chi connectivity index (χ3v) is 15.9. The number of pyridine rings is 1. The van der Waals surface area contributed by atoms with Crippen LogP contribution >= 0.6 is 12.0 Å². The first kappa shape index (κ1) is 51.2. The Morgan fingerprint density at radius 1 is 0.803 bits per heavy atom. The fourth-order valence-corrected chi connectivity index (χ4v) is 12.1. The van der Waals surface area contributed by atoms with E-state index < -0.39 is 73.7 Å². The van der Waals surface area contributed by atoms with Crippen LogP contribution in [-0.4, -0.2) is 90.1 Å². The van der Waals surface area contributed by atoms with E-state index >= 15 is 0 Å². The third kappa shape index (κ3) is 9.20. The molecule has 0 unspecified atom stereocenters. The maximum absolute atomic E-state index is 13.1. The third-order valence-electron chi connectivity index (χ3n) is 12.7. The van der Waals surface area contributed by atoms with Crippen LogP contribution in [0, 0.1) is 0 Å². The van der Waals surface area contributed by atoms with Crippen molar-refractivity contribution >= 4 is 104 Å². The van der Waals surface area contributed by atoms with Crippen molar-refractivity contribution in [2.75, 3.05) is 18.0 Å². The molecule has 0 spiro atoms. The van der Waals surface area contributed by atoms with Gasteiger partial charge in [-0.1, -0.05) is 26.0 Å². The van der Waals surface area contributed by atoms with Gasteiger partial charge in [0.15, 0.2) is 5.71 Å². The van der Waals surface area contributed by atoms with Crippen LogP contribution in [0.3, 0.4) is 0 Å². The number of aromatic nitrogens is 1. The predicted octanol–water partition coefficient (Wildman–Crippen LogP) is 5.29. The Bertz CT molecular complexity index is 3610. The topological polar surface area (TPSA) is 296 Å². The molecule has 0 N–H and O–H groups in total. The summed E-state index contributed by atoms with van der Waals surface area (Å²) in [6.45, 7) is 11.9. The van der Waals surface area contributed by atoms with Gasteiger partial charge in [0.2, 0.25) is 5.69 Å². The van der Waals surface area contributed by atoms with Crippen molar-refractivity contribution < 1.29 is 77.3 Å². The van der Waals surface area contributed by atoms with E-state index in [1.54, 1.807) is 44.2 Å². The van der Waals surface area contributed by atoms with Crippen LogP contribution < -0.4 is 10.2 Å². The van der Waals surface area contributed by atoms with E-state index in [1.165, 1.54) is 30.5 Å². The van der Waals surface area contributed by atoms with Gasteiger partial charge in [-0.2, -0.15) is 8.91 Å². The van der Waals surface area contributed by atoms with E-state index in [0.29, 0.717) is 92.2 Å². The van der Waals surface area contributed by atoms with Gasteiger partial charge in [-0.15, -0.1) is 5.06 Å². The highest BCUT2D eigenvalue weighted by Crippen LogP contribution is 2.52. The molecule has 0 atom stereocenters. The molecular weight excluding hydrogens is 1000 g/mol. The number of hydroxylamine groups is 2. The lowest BCUT2D eigenvalue weighted by molar-refractivity contribution is -0.777. The number of benzene rings is 4. The molecule has 0 bridgehead atoms. The zero-order valence-electron chi connectivity index (χ0n) is 38.4. The summed E-state index contributed by atoms with van der Waals surface area (Å²) in [5, 5.41) is 15.6. The first-order valence-corrected chi connectivity index (χ1v) is 26.5. The summed E-state index contributed by atoms with van der Waals surface area (Å²) in [5.41, 5.74) is 2.30. The van der Waals surface area contributed by atoms with Crippen molar-refractivity contribution in [3.8, 4) is 0 Å². The van der Waals surface area contributed by atoms with Crippen molar-refractivity contribution in [2.24, 2.45) is 0 Å². The lowest BCUT2D eigenvalue weighted by Gasteiger charge is -2.26. The molecular formula is C47H41N4O16S4-3. The summed E-state index contributed by atoms with van der Waals surface area (Å²) >= 11 is 0.442. The van der Waals surface area contributed by atoms with Crippen LogP contribution in [0.5, 0.6) is 0 Å². The van der Waals surface area contributed by atoms with Crippen molar-refractivity contribution in [2.45, 2.75) is 84.8 Å². The summed E-state index contributed by atoms with van der Waals surface area (Å²) in [7, 11) is -15.5. The first-order valence-electron chi connectivity index (χ1n) is 21.5. The van der Waals surface area contributed by atoms with Gasteiger partial charge < -0.3 is 28.7 Å². The molecule has 2 amide bonds. The Morgan fingerprint density at radius 3 is 2.01 bits per heavy atom. The second kappa shape index (κ2) is 18.4. The van der Waals surface area contributed by atoms with Crippen molar-refractivity contribution in [1.29, 1.82) is 0 Å². The molecule has 5 aromatic rings. The molecule has 1 saturated heterocycles. The highest BCUT2D eigenvalue weighted by atomic mass is 32.2.